The van der Waals surface area contributed by atoms with Crippen LogP contribution in [0.2, 0.25) is 0 Å². The molecule has 26 heavy (non-hydrogen) atoms. The molecule has 2 aliphatic heterocycles. The van der Waals surface area contributed by atoms with Gasteiger partial charge in [-0.05, 0) is 19.5 Å². The molecular weight excluding hydrogens is 343 g/mol. The van der Waals surface area contributed by atoms with Crippen LogP contribution in [0.1, 0.15) is 12.5 Å². The van der Waals surface area contributed by atoms with Crippen LogP contribution in [0.25, 0.3) is 0 Å². The van der Waals surface area contributed by atoms with Crippen LogP contribution in [0.15, 0.2) is 30.3 Å². The number of rotatable bonds is 3. The Bertz CT molecular complexity index is 622. The molecule has 0 spiro atoms. The Labute approximate surface area is 152 Å². The summed E-state index contributed by atoms with van der Waals surface area (Å²) in [6.07, 6.45) is -4.36. The smallest absolute Gasteiger partial charge is 0.340 e. The number of piperazine rings is 1. The predicted molar refractivity (Wildman–Crippen MR) is 93.4 cm³/mol. The van der Waals surface area contributed by atoms with Gasteiger partial charge in [0.1, 0.15) is 0 Å². The van der Waals surface area contributed by atoms with Crippen molar-refractivity contribution < 1.29 is 18.0 Å². The van der Waals surface area contributed by atoms with Crippen molar-refractivity contribution in [1.29, 1.82) is 0 Å². The summed E-state index contributed by atoms with van der Waals surface area (Å²) in [5.74, 6) is -2.94. The number of alkyl halides is 3. The number of likely N-dealkylation sites (tertiary alicyclic amines) is 1. The first-order chi connectivity index (χ1) is 12.3. The summed E-state index contributed by atoms with van der Waals surface area (Å²) in [5.41, 5.74) is 0.967. The summed E-state index contributed by atoms with van der Waals surface area (Å²) in [5, 5.41) is 0. The average molecular weight is 369 g/mol. The molecule has 0 aromatic heterocycles. The van der Waals surface area contributed by atoms with Gasteiger partial charge >= 0.3 is 6.18 Å². The fraction of sp³-hybridized carbons (Fsp3) is 0.632. The van der Waals surface area contributed by atoms with E-state index in [1.54, 1.807) is 9.80 Å². The Balaban J connectivity index is 1.72. The van der Waals surface area contributed by atoms with Crippen molar-refractivity contribution in [2.45, 2.75) is 25.7 Å². The molecule has 2 heterocycles. The van der Waals surface area contributed by atoms with E-state index < -0.39 is 18.0 Å². The number of hydrogen-bond acceptors (Lipinski definition) is 3. The number of halogens is 3. The summed E-state index contributed by atoms with van der Waals surface area (Å²) in [7, 11) is 1.97. The van der Waals surface area contributed by atoms with Crippen LogP contribution >= 0.6 is 0 Å². The SMILES string of the molecule is CC1CN(C(=O)[C@@H]2CN(Cc3ccccc3)C[C@H]2C(F)(F)F)CCN1C. The van der Waals surface area contributed by atoms with Crippen molar-refractivity contribution in [3.05, 3.63) is 35.9 Å². The minimum Gasteiger partial charge on any atom is -0.340 e. The maximum atomic E-state index is 13.6. The van der Waals surface area contributed by atoms with Crippen LogP contribution in [0.3, 0.4) is 0 Å². The Morgan fingerprint density at radius 3 is 2.42 bits per heavy atom. The van der Waals surface area contributed by atoms with Gasteiger partial charge in [0.25, 0.3) is 0 Å². The lowest BCUT2D eigenvalue weighted by atomic mass is 9.93. The van der Waals surface area contributed by atoms with Gasteiger partial charge in [-0.1, -0.05) is 30.3 Å². The second kappa shape index (κ2) is 7.56. The summed E-state index contributed by atoms with van der Waals surface area (Å²) in [6, 6.07) is 9.60. The third-order valence-corrected chi connectivity index (χ3v) is 5.65. The van der Waals surface area contributed by atoms with E-state index in [4.69, 9.17) is 0 Å². The van der Waals surface area contributed by atoms with Gasteiger partial charge < -0.3 is 9.80 Å². The number of carbonyl (C=O) groups is 1. The van der Waals surface area contributed by atoms with Gasteiger partial charge in [-0.3, -0.25) is 9.69 Å². The molecule has 0 N–H and O–H groups in total. The zero-order valence-corrected chi connectivity index (χ0v) is 15.2. The zero-order valence-electron chi connectivity index (χ0n) is 15.2. The molecule has 1 amide bonds. The average Bonchev–Trinajstić information content (AvgIpc) is 3.02. The van der Waals surface area contributed by atoms with E-state index in [0.717, 1.165) is 5.56 Å². The molecule has 3 atom stereocenters. The Morgan fingerprint density at radius 2 is 1.81 bits per heavy atom. The zero-order chi connectivity index (χ0) is 18.9. The van der Waals surface area contributed by atoms with Crippen molar-refractivity contribution in [2.75, 3.05) is 39.8 Å². The van der Waals surface area contributed by atoms with E-state index in [2.05, 4.69) is 4.90 Å². The predicted octanol–water partition coefficient (Wildman–Crippen LogP) is 2.46. The number of nitrogens with zero attached hydrogens (tertiary/aromatic N) is 3. The molecule has 1 aromatic carbocycles. The highest BCUT2D eigenvalue weighted by atomic mass is 19.4. The molecule has 7 heteroatoms. The Kier molecular flexibility index (Phi) is 5.58. The normalized spacial score (nSPS) is 28.5. The lowest BCUT2D eigenvalue weighted by molar-refractivity contribution is -0.186. The summed E-state index contributed by atoms with van der Waals surface area (Å²) in [4.78, 5) is 18.4. The number of hydrogen-bond donors (Lipinski definition) is 0. The second-order valence-electron chi connectivity index (χ2n) is 7.55. The van der Waals surface area contributed by atoms with E-state index in [1.807, 2.05) is 44.3 Å². The highest BCUT2D eigenvalue weighted by Crippen LogP contribution is 2.39. The van der Waals surface area contributed by atoms with E-state index in [1.165, 1.54) is 0 Å². The standard InChI is InChI=1S/C19H26F3N3O/c1-14-10-25(9-8-23(14)2)18(26)16-12-24(13-17(16)19(20,21)22)11-15-6-4-3-5-7-15/h3-7,14,16-17H,8-13H2,1-2H3/t14?,16-,17-/m1/s1. The van der Waals surface area contributed by atoms with Crippen LogP contribution in [0.5, 0.6) is 0 Å². The van der Waals surface area contributed by atoms with E-state index >= 15 is 0 Å². The van der Waals surface area contributed by atoms with Crippen molar-refractivity contribution in [1.82, 2.24) is 14.7 Å². The lowest BCUT2D eigenvalue weighted by Crippen LogP contribution is -2.54. The molecule has 0 saturated carbocycles. The minimum absolute atomic E-state index is 0.113. The van der Waals surface area contributed by atoms with Crippen LogP contribution in [0, 0.1) is 11.8 Å². The van der Waals surface area contributed by atoms with Gasteiger partial charge in [0, 0.05) is 45.3 Å². The second-order valence-corrected chi connectivity index (χ2v) is 7.55. The molecule has 2 saturated heterocycles. The molecule has 1 aromatic rings. The van der Waals surface area contributed by atoms with Gasteiger partial charge in [-0.2, -0.15) is 13.2 Å². The summed E-state index contributed by atoms with van der Waals surface area (Å²) >= 11 is 0. The van der Waals surface area contributed by atoms with E-state index in [-0.39, 0.29) is 25.0 Å². The molecule has 144 valence electrons. The van der Waals surface area contributed by atoms with Crippen LogP contribution in [0.4, 0.5) is 13.2 Å². The van der Waals surface area contributed by atoms with Gasteiger partial charge in [-0.25, -0.2) is 0 Å². The van der Waals surface area contributed by atoms with Crippen molar-refractivity contribution >= 4 is 5.91 Å². The van der Waals surface area contributed by atoms with Crippen molar-refractivity contribution in [2.24, 2.45) is 11.8 Å². The van der Waals surface area contributed by atoms with Crippen molar-refractivity contribution in [3.8, 4) is 0 Å². The van der Waals surface area contributed by atoms with Gasteiger partial charge in [0.05, 0.1) is 11.8 Å². The number of carbonyl (C=O) groups excluding carboxylic acids is 1. The fourth-order valence-corrected chi connectivity index (χ4v) is 3.92. The molecular formula is C19H26F3N3O. The minimum atomic E-state index is -4.36. The molecule has 2 aliphatic rings. The first-order valence-corrected chi connectivity index (χ1v) is 9.07. The molecule has 4 nitrogen and oxygen atoms in total. The topological polar surface area (TPSA) is 26.8 Å². The van der Waals surface area contributed by atoms with Gasteiger partial charge in [-0.15, -0.1) is 0 Å². The monoisotopic (exact) mass is 369 g/mol. The fourth-order valence-electron chi connectivity index (χ4n) is 3.92. The molecule has 3 rings (SSSR count). The van der Waals surface area contributed by atoms with Gasteiger partial charge in [0.15, 0.2) is 0 Å². The molecule has 1 unspecified atom stereocenters. The lowest BCUT2D eigenvalue weighted by Gasteiger charge is -2.39. The summed E-state index contributed by atoms with van der Waals surface area (Å²) < 4.78 is 40.8. The quantitative estimate of drug-likeness (QED) is 0.819. The molecule has 0 radical (unpaired) electrons. The van der Waals surface area contributed by atoms with Crippen LogP contribution < -0.4 is 0 Å². The van der Waals surface area contributed by atoms with Crippen LogP contribution in [-0.2, 0) is 11.3 Å². The summed E-state index contributed by atoms with van der Waals surface area (Å²) in [6.45, 7) is 4.18. The van der Waals surface area contributed by atoms with E-state index in [9.17, 15) is 18.0 Å². The molecule has 2 fully saturated rings. The number of amides is 1. The first-order valence-electron chi connectivity index (χ1n) is 9.07. The molecule has 0 bridgehead atoms. The number of likely N-dealkylation sites (N-methyl/N-ethyl adjacent to an activating group) is 1. The number of benzene rings is 1. The first kappa shape index (κ1) is 19.2. The van der Waals surface area contributed by atoms with Crippen molar-refractivity contribution in [3.63, 3.8) is 0 Å². The maximum Gasteiger partial charge on any atom is 0.393 e. The highest BCUT2D eigenvalue weighted by Gasteiger charge is 2.53. The van der Waals surface area contributed by atoms with Gasteiger partial charge in [0.2, 0.25) is 5.91 Å². The third kappa shape index (κ3) is 4.20. The van der Waals surface area contributed by atoms with E-state index in [0.29, 0.717) is 26.2 Å². The molecule has 0 aliphatic carbocycles. The maximum absolute atomic E-state index is 13.6. The highest BCUT2D eigenvalue weighted by molar-refractivity contribution is 5.80. The third-order valence-electron chi connectivity index (χ3n) is 5.65. The van der Waals surface area contributed by atoms with Crippen LogP contribution in [-0.4, -0.2) is 72.6 Å². The Morgan fingerprint density at radius 1 is 1.12 bits per heavy atom. The Hall–Kier alpha value is -1.60. The largest absolute Gasteiger partial charge is 0.393 e.